The number of aryl methyl sites for hydroxylation is 1. The van der Waals surface area contributed by atoms with E-state index in [1.54, 1.807) is 0 Å². The second-order valence-electron chi connectivity index (χ2n) is 6.13. The van der Waals surface area contributed by atoms with Crippen LogP contribution in [0.4, 0.5) is 0 Å². The van der Waals surface area contributed by atoms with Gasteiger partial charge in [0.15, 0.2) is 0 Å². The Morgan fingerprint density at radius 2 is 1.91 bits per heavy atom. The van der Waals surface area contributed by atoms with E-state index >= 15 is 0 Å². The summed E-state index contributed by atoms with van der Waals surface area (Å²) in [5, 5.41) is 13.0. The van der Waals surface area contributed by atoms with E-state index in [1.807, 2.05) is 31.2 Å². The average molecular weight is 300 g/mol. The second-order valence-corrected chi connectivity index (χ2v) is 6.13. The summed E-state index contributed by atoms with van der Waals surface area (Å²) in [4.78, 5) is 26.4. The van der Waals surface area contributed by atoms with Gasteiger partial charge in [-0.05, 0) is 50.8 Å². The van der Waals surface area contributed by atoms with Gasteiger partial charge in [0.25, 0.3) is 5.91 Å². The van der Waals surface area contributed by atoms with Crippen LogP contribution in [0.1, 0.15) is 41.7 Å². The summed E-state index contributed by atoms with van der Waals surface area (Å²) in [5.74, 6) is -1.10. The van der Waals surface area contributed by atoms with Crippen molar-refractivity contribution in [1.82, 2.24) is 10.3 Å². The van der Waals surface area contributed by atoms with Crippen LogP contribution in [0.3, 0.4) is 0 Å². The fraction of sp³-hybridized carbons (Fsp3) is 0.412. The highest BCUT2D eigenvalue weighted by Gasteiger charge is 2.27. The SMILES string of the molecule is Cc1ccc2[nH]c(C(=O)N[C@H]3CC[C@H](C(=O)O)CC3)cc2c1. The summed E-state index contributed by atoms with van der Waals surface area (Å²) in [7, 11) is 0. The summed E-state index contributed by atoms with van der Waals surface area (Å²) in [6, 6.07) is 7.95. The van der Waals surface area contributed by atoms with E-state index in [4.69, 9.17) is 5.11 Å². The van der Waals surface area contributed by atoms with Crippen LogP contribution in [0, 0.1) is 12.8 Å². The zero-order valence-corrected chi connectivity index (χ0v) is 12.6. The number of aromatic nitrogens is 1. The van der Waals surface area contributed by atoms with Gasteiger partial charge in [0.2, 0.25) is 0 Å². The molecule has 1 fully saturated rings. The summed E-state index contributed by atoms with van der Waals surface area (Å²) in [5.41, 5.74) is 2.66. The van der Waals surface area contributed by atoms with Crippen LogP contribution in [0.15, 0.2) is 24.3 Å². The van der Waals surface area contributed by atoms with Gasteiger partial charge < -0.3 is 15.4 Å². The number of aromatic amines is 1. The van der Waals surface area contributed by atoms with Crippen molar-refractivity contribution in [2.45, 2.75) is 38.6 Å². The molecule has 2 aromatic rings. The van der Waals surface area contributed by atoms with Crippen LogP contribution in [-0.4, -0.2) is 28.0 Å². The number of benzene rings is 1. The van der Waals surface area contributed by atoms with Crippen LogP contribution in [0.25, 0.3) is 10.9 Å². The zero-order chi connectivity index (χ0) is 15.7. The molecule has 0 atom stereocenters. The van der Waals surface area contributed by atoms with Gasteiger partial charge in [0, 0.05) is 16.9 Å². The highest BCUT2D eigenvalue weighted by molar-refractivity contribution is 5.98. The molecular formula is C17H20N2O3. The van der Waals surface area contributed by atoms with Gasteiger partial charge in [-0.25, -0.2) is 0 Å². The molecule has 1 saturated carbocycles. The lowest BCUT2D eigenvalue weighted by atomic mass is 9.86. The molecule has 1 aliphatic carbocycles. The highest BCUT2D eigenvalue weighted by atomic mass is 16.4. The Labute approximate surface area is 128 Å². The molecule has 116 valence electrons. The summed E-state index contributed by atoms with van der Waals surface area (Å²) < 4.78 is 0. The number of carbonyl (C=O) groups excluding carboxylic acids is 1. The van der Waals surface area contributed by atoms with Crippen molar-refractivity contribution in [1.29, 1.82) is 0 Å². The van der Waals surface area contributed by atoms with Crippen LogP contribution >= 0.6 is 0 Å². The number of H-pyrrole nitrogens is 1. The second kappa shape index (κ2) is 5.83. The van der Waals surface area contributed by atoms with Crippen molar-refractivity contribution in [3.05, 3.63) is 35.5 Å². The zero-order valence-electron chi connectivity index (χ0n) is 12.6. The fourth-order valence-electron chi connectivity index (χ4n) is 3.12. The minimum Gasteiger partial charge on any atom is -0.481 e. The molecule has 0 saturated heterocycles. The first-order valence-corrected chi connectivity index (χ1v) is 7.66. The Kier molecular flexibility index (Phi) is 3.88. The lowest BCUT2D eigenvalue weighted by Gasteiger charge is -2.26. The lowest BCUT2D eigenvalue weighted by molar-refractivity contribution is -0.142. The molecule has 0 radical (unpaired) electrons. The van der Waals surface area contributed by atoms with E-state index in [-0.39, 0.29) is 17.9 Å². The van der Waals surface area contributed by atoms with E-state index < -0.39 is 5.97 Å². The predicted octanol–water partition coefficient (Wildman–Crippen LogP) is 2.85. The molecule has 1 aliphatic rings. The van der Waals surface area contributed by atoms with E-state index in [2.05, 4.69) is 10.3 Å². The first kappa shape index (κ1) is 14.6. The maximum atomic E-state index is 12.3. The van der Waals surface area contributed by atoms with Crippen LogP contribution < -0.4 is 5.32 Å². The monoisotopic (exact) mass is 300 g/mol. The summed E-state index contributed by atoms with van der Waals surface area (Å²) in [6.07, 6.45) is 2.71. The number of carbonyl (C=O) groups is 2. The number of aliphatic carboxylic acids is 1. The molecule has 0 bridgehead atoms. The number of hydrogen-bond acceptors (Lipinski definition) is 2. The molecule has 3 rings (SSSR count). The van der Waals surface area contributed by atoms with E-state index in [0.717, 1.165) is 29.3 Å². The maximum Gasteiger partial charge on any atom is 0.306 e. The number of rotatable bonds is 3. The number of nitrogens with one attached hydrogen (secondary N) is 2. The van der Waals surface area contributed by atoms with Crippen molar-refractivity contribution >= 4 is 22.8 Å². The van der Waals surface area contributed by atoms with Crippen molar-refractivity contribution in [3.8, 4) is 0 Å². The van der Waals surface area contributed by atoms with Gasteiger partial charge in [-0.3, -0.25) is 9.59 Å². The van der Waals surface area contributed by atoms with Crippen LogP contribution in [0.5, 0.6) is 0 Å². The summed E-state index contributed by atoms with van der Waals surface area (Å²) in [6.45, 7) is 2.02. The van der Waals surface area contributed by atoms with Gasteiger partial charge in [-0.2, -0.15) is 0 Å². The molecular weight excluding hydrogens is 280 g/mol. The van der Waals surface area contributed by atoms with Gasteiger partial charge in [0.05, 0.1) is 5.92 Å². The van der Waals surface area contributed by atoms with E-state index in [1.165, 1.54) is 0 Å². The normalized spacial score (nSPS) is 21.7. The number of amides is 1. The first-order chi connectivity index (χ1) is 10.5. The minimum atomic E-state index is -0.726. The van der Waals surface area contributed by atoms with Gasteiger partial charge in [-0.1, -0.05) is 11.6 Å². The Hall–Kier alpha value is -2.30. The number of carboxylic acids is 1. The Balaban J connectivity index is 1.65. The molecule has 5 nitrogen and oxygen atoms in total. The van der Waals surface area contributed by atoms with Crippen molar-refractivity contribution in [2.75, 3.05) is 0 Å². The summed E-state index contributed by atoms with van der Waals surface area (Å²) >= 11 is 0. The smallest absolute Gasteiger partial charge is 0.306 e. The molecule has 0 aliphatic heterocycles. The third kappa shape index (κ3) is 2.98. The first-order valence-electron chi connectivity index (χ1n) is 7.66. The molecule has 1 aromatic carbocycles. The molecule has 0 unspecified atom stereocenters. The van der Waals surface area contributed by atoms with Gasteiger partial charge in [-0.15, -0.1) is 0 Å². The molecule has 22 heavy (non-hydrogen) atoms. The van der Waals surface area contributed by atoms with Crippen molar-refractivity contribution in [3.63, 3.8) is 0 Å². The molecule has 5 heteroatoms. The molecule has 3 N–H and O–H groups in total. The number of hydrogen-bond donors (Lipinski definition) is 3. The van der Waals surface area contributed by atoms with Crippen LogP contribution in [-0.2, 0) is 4.79 Å². The number of carboxylic acid groups (broad SMARTS) is 1. The van der Waals surface area contributed by atoms with E-state index in [9.17, 15) is 9.59 Å². The largest absolute Gasteiger partial charge is 0.481 e. The topological polar surface area (TPSA) is 82.2 Å². The third-order valence-electron chi connectivity index (χ3n) is 4.43. The quantitative estimate of drug-likeness (QED) is 0.815. The molecule has 1 amide bonds. The molecule has 0 spiro atoms. The fourth-order valence-corrected chi connectivity index (χ4v) is 3.12. The Bertz CT molecular complexity index is 712. The standard InChI is InChI=1S/C17H20N2O3/c1-10-2-7-14-12(8-10)9-15(19-14)16(20)18-13-5-3-11(4-6-13)17(21)22/h2,7-9,11,13,19H,3-6H2,1H3,(H,18,20)(H,21,22)/t11-,13-. The Morgan fingerprint density at radius 3 is 2.59 bits per heavy atom. The third-order valence-corrected chi connectivity index (χ3v) is 4.43. The molecule has 1 aromatic heterocycles. The Morgan fingerprint density at radius 1 is 1.18 bits per heavy atom. The number of fused-ring (bicyclic) bond motifs is 1. The minimum absolute atomic E-state index is 0.0660. The van der Waals surface area contributed by atoms with Crippen LogP contribution in [0.2, 0.25) is 0 Å². The average Bonchev–Trinajstić information content (AvgIpc) is 2.91. The molecule has 1 heterocycles. The van der Waals surface area contributed by atoms with Gasteiger partial charge in [0.1, 0.15) is 5.69 Å². The maximum absolute atomic E-state index is 12.3. The highest BCUT2D eigenvalue weighted by Crippen LogP contribution is 2.25. The van der Waals surface area contributed by atoms with E-state index in [0.29, 0.717) is 18.5 Å². The lowest BCUT2D eigenvalue weighted by Crippen LogP contribution is -2.38. The van der Waals surface area contributed by atoms with Crippen molar-refractivity contribution < 1.29 is 14.7 Å². The van der Waals surface area contributed by atoms with Crippen molar-refractivity contribution in [2.24, 2.45) is 5.92 Å². The van der Waals surface area contributed by atoms with Gasteiger partial charge >= 0.3 is 5.97 Å². The predicted molar refractivity (Wildman–Crippen MR) is 83.9 cm³/mol.